The van der Waals surface area contributed by atoms with Crippen LogP contribution in [0.25, 0.3) is 0 Å². The number of nitrogens with one attached hydrogen (secondary N) is 1. The zero-order chi connectivity index (χ0) is 31.4. The first-order valence-corrected chi connectivity index (χ1v) is 16.9. The summed E-state index contributed by atoms with van der Waals surface area (Å²) in [6, 6.07) is 17.6. The van der Waals surface area contributed by atoms with Crippen LogP contribution in [0.1, 0.15) is 59.4 Å². The molecule has 1 amide bonds. The van der Waals surface area contributed by atoms with Crippen molar-refractivity contribution in [3.63, 3.8) is 0 Å². The van der Waals surface area contributed by atoms with E-state index in [-0.39, 0.29) is 24.6 Å². The number of alkyl carbamates (subject to hydrolysis) is 1. The molecule has 1 saturated carbocycles. The maximum absolute atomic E-state index is 13.1. The molecule has 8 nitrogen and oxygen atoms in total. The second kappa shape index (κ2) is 17.7. The number of hydrogen-bond donors (Lipinski definition) is 1. The summed E-state index contributed by atoms with van der Waals surface area (Å²) in [5.41, 5.74) is 1.32. The Kier molecular flexibility index (Phi) is 14.4. The molecule has 3 aliphatic rings. The Balaban J connectivity index is 0.000000487. The van der Waals surface area contributed by atoms with Crippen LogP contribution in [0.15, 0.2) is 59.5 Å². The molecular weight excluding hydrogens is 564 g/mol. The van der Waals surface area contributed by atoms with Crippen LogP contribution in [-0.4, -0.2) is 66.5 Å². The lowest BCUT2D eigenvalue weighted by Crippen LogP contribution is -2.42. The van der Waals surface area contributed by atoms with Gasteiger partial charge in [0.15, 0.2) is 6.29 Å². The highest BCUT2D eigenvalue weighted by molar-refractivity contribution is 7.82. The van der Waals surface area contributed by atoms with Gasteiger partial charge in [0.05, 0.1) is 24.7 Å². The van der Waals surface area contributed by atoms with Crippen molar-refractivity contribution >= 4 is 17.1 Å². The third-order valence-corrected chi connectivity index (χ3v) is 9.40. The fourth-order valence-electron chi connectivity index (χ4n) is 6.05. The average Bonchev–Trinajstić information content (AvgIpc) is 3.57. The number of ether oxygens (including phenoxy) is 4. The minimum absolute atomic E-state index is 0.0761. The number of methoxy groups -OCH3 is 1. The summed E-state index contributed by atoms with van der Waals surface area (Å²) in [5, 5.41) is 2.90. The molecular formula is C34H52N2O6S. The van der Waals surface area contributed by atoms with Crippen molar-refractivity contribution in [2.45, 2.75) is 84.2 Å². The molecule has 0 aromatic heterocycles. The summed E-state index contributed by atoms with van der Waals surface area (Å²) in [7, 11) is 0.345. The van der Waals surface area contributed by atoms with Crippen molar-refractivity contribution < 1.29 is 28.0 Å². The standard InChI is InChI=1S/C25H38N2O6S.C7H8.C2H6/c1-16(2)14-27(34(29)20-8-6-19(30-4)7-9-20)11-5-10-26-25(28)33-22-13-18-15-31-24-23(18)21(22)12-17(3)32-24;1-7-5-3-2-4-6-7;1-2/h6-9,16-18,21-24H,5,10-15H2,1-4H3,(H,26,28);2-6H,1H3;1-2H3/t17-,18?,21?,22?,23?,24?,34?;;/m1../s1. The maximum Gasteiger partial charge on any atom is 0.407 e. The molecule has 3 fully saturated rings. The maximum atomic E-state index is 13.1. The number of hydrogen-bond acceptors (Lipinski definition) is 6. The Morgan fingerprint density at radius 3 is 2.40 bits per heavy atom. The number of carbonyl (C=O) groups is 1. The molecule has 9 heteroatoms. The van der Waals surface area contributed by atoms with Crippen LogP contribution in [-0.2, 0) is 25.2 Å². The van der Waals surface area contributed by atoms with Gasteiger partial charge in [-0.05, 0) is 69.2 Å². The first-order valence-electron chi connectivity index (χ1n) is 15.8. The first kappa shape index (κ1) is 35.0. The number of benzene rings is 2. The Bertz CT molecular complexity index is 1120. The van der Waals surface area contributed by atoms with Gasteiger partial charge in [0.25, 0.3) is 0 Å². The molecule has 1 aliphatic carbocycles. The van der Waals surface area contributed by atoms with E-state index in [4.69, 9.17) is 18.9 Å². The van der Waals surface area contributed by atoms with E-state index < -0.39 is 11.0 Å². The van der Waals surface area contributed by atoms with Crippen molar-refractivity contribution in [3.05, 3.63) is 60.2 Å². The fourth-order valence-corrected chi connectivity index (χ4v) is 7.45. The highest BCUT2D eigenvalue weighted by Gasteiger charge is 2.56. The summed E-state index contributed by atoms with van der Waals surface area (Å²) in [5.74, 6) is 2.17. The molecule has 0 radical (unpaired) electrons. The second-order valence-corrected chi connectivity index (χ2v) is 13.2. The third-order valence-electron chi connectivity index (χ3n) is 7.93. The SMILES string of the molecule is CC.COc1ccc(S(=O)N(CCCNC(=O)OC2CC3COC4O[C@H](C)CC2C34)CC(C)C)cc1.Cc1ccccc1. The van der Waals surface area contributed by atoms with Gasteiger partial charge in [-0.2, -0.15) is 0 Å². The summed E-state index contributed by atoms with van der Waals surface area (Å²) in [4.78, 5) is 13.3. The van der Waals surface area contributed by atoms with Gasteiger partial charge in [0, 0.05) is 31.5 Å². The molecule has 2 heterocycles. The lowest BCUT2D eigenvalue weighted by molar-refractivity contribution is -0.201. The molecule has 1 N–H and O–H groups in total. The normalized spacial score (nSPS) is 26.0. The molecule has 7 atom stereocenters. The molecule has 2 aliphatic heterocycles. The number of amides is 1. The summed E-state index contributed by atoms with van der Waals surface area (Å²) in [6.07, 6.45) is 1.97. The molecule has 240 valence electrons. The van der Waals surface area contributed by atoms with Gasteiger partial charge in [-0.1, -0.05) is 63.6 Å². The Morgan fingerprint density at radius 1 is 1.09 bits per heavy atom. The zero-order valence-electron chi connectivity index (χ0n) is 27.0. The van der Waals surface area contributed by atoms with Crippen molar-refractivity contribution in [1.29, 1.82) is 0 Å². The molecule has 2 saturated heterocycles. The van der Waals surface area contributed by atoms with Crippen LogP contribution in [0.2, 0.25) is 0 Å². The van der Waals surface area contributed by atoms with Crippen LogP contribution in [0.5, 0.6) is 5.75 Å². The molecule has 5 rings (SSSR count). The molecule has 2 aromatic rings. The number of carbonyl (C=O) groups excluding carboxylic acids is 1. The van der Waals surface area contributed by atoms with Crippen LogP contribution < -0.4 is 10.1 Å². The summed E-state index contributed by atoms with van der Waals surface area (Å²) in [6.45, 7) is 14.8. The van der Waals surface area contributed by atoms with Crippen molar-refractivity contribution in [1.82, 2.24) is 9.62 Å². The molecule has 6 unspecified atom stereocenters. The number of aryl methyl sites for hydroxylation is 1. The van der Waals surface area contributed by atoms with E-state index in [0.717, 1.165) is 23.5 Å². The fraction of sp³-hybridized carbons (Fsp3) is 0.618. The molecule has 2 aromatic carbocycles. The van der Waals surface area contributed by atoms with Crippen LogP contribution in [0, 0.1) is 30.6 Å². The van der Waals surface area contributed by atoms with E-state index in [2.05, 4.69) is 45.1 Å². The minimum Gasteiger partial charge on any atom is -0.497 e. The van der Waals surface area contributed by atoms with E-state index in [0.29, 0.717) is 56.3 Å². The predicted octanol–water partition coefficient (Wildman–Crippen LogP) is 6.60. The molecule has 0 bridgehead atoms. The summed E-state index contributed by atoms with van der Waals surface area (Å²) >= 11 is 0. The van der Waals surface area contributed by atoms with Gasteiger partial charge in [-0.15, -0.1) is 0 Å². The molecule has 43 heavy (non-hydrogen) atoms. The van der Waals surface area contributed by atoms with Gasteiger partial charge >= 0.3 is 6.09 Å². The van der Waals surface area contributed by atoms with E-state index in [1.807, 2.05) is 60.6 Å². The van der Waals surface area contributed by atoms with Gasteiger partial charge < -0.3 is 24.3 Å². The largest absolute Gasteiger partial charge is 0.497 e. The van der Waals surface area contributed by atoms with Gasteiger partial charge in [0.2, 0.25) is 0 Å². The third kappa shape index (κ3) is 10.3. The first-order chi connectivity index (χ1) is 20.7. The van der Waals surface area contributed by atoms with Crippen molar-refractivity contribution in [3.8, 4) is 5.75 Å². The Labute approximate surface area is 261 Å². The van der Waals surface area contributed by atoms with Crippen molar-refractivity contribution in [2.75, 3.05) is 33.4 Å². The van der Waals surface area contributed by atoms with Crippen LogP contribution in [0.4, 0.5) is 4.79 Å². The molecule has 0 spiro atoms. The number of nitrogens with zero attached hydrogens (tertiary/aromatic N) is 1. The van der Waals surface area contributed by atoms with Crippen LogP contribution >= 0.6 is 0 Å². The summed E-state index contributed by atoms with van der Waals surface area (Å²) < 4.78 is 37.8. The monoisotopic (exact) mass is 616 g/mol. The Morgan fingerprint density at radius 2 is 1.79 bits per heavy atom. The van der Waals surface area contributed by atoms with Gasteiger partial charge in [-0.25, -0.2) is 13.3 Å². The number of rotatable bonds is 10. The van der Waals surface area contributed by atoms with Gasteiger partial charge in [0.1, 0.15) is 22.8 Å². The Hall–Kier alpha value is -2.46. The highest BCUT2D eigenvalue weighted by atomic mass is 32.2. The van der Waals surface area contributed by atoms with E-state index in [1.165, 1.54) is 5.56 Å². The minimum atomic E-state index is -1.27. The van der Waals surface area contributed by atoms with Gasteiger partial charge in [-0.3, -0.25) is 0 Å². The van der Waals surface area contributed by atoms with E-state index >= 15 is 0 Å². The smallest absolute Gasteiger partial charge is 0.407 e. The quantitative estimate of drug-likeness (QED) is 0.303. The van der Waals surface area contributed by atoms with E-state index in [1.54, 1.807) is 7.11 Å². The van der Waals surface area contributed by atoms with Crippen molar-refractivity contribution in [2.24, 2.45) is 23.7 Å². The average molecular weight is 617 g/mol. The second-order valence-electron chi connectivity index (χ2n) is 11.7. The van der Waals surface area contributed by atoms with Crippen LogP contribution in [0.3, 0.4) is 0 Å². The predicted molar refractivity (Wildman–Crippen MR) is 171 cm³/mol. The topological polar surface area (TPSA) is 86.3 Å². The highest BCUT2D eigenvalue weighted by Crippen LogP contribution is 2.51. The van der Waals surface area contributed by atoms with E-state index in [9.17, 15) is 9.00 Å². The zero-order valence-corrected chi connectivity index (χ0v) is 27.8. The lowest BCUT2D eigenvalue weighted by Gasteiger charge is -2.36. The lowest BCUT2D eigenvalue weighted by atomic mass is 9.84.